The molecular weight excluding hydrogens is 423 g/mol. The van der Waals surface area contributed by atoms with Gasteiger partial charge in [-0.1, -0.05) is 0 Å². The topological polar surface area (TPSA) is 75.7 Å². The summed E-state index contributed by atoms with van der Waals surface area (Å²) in [6, 6.07) is 12.9. The van der Waals surface area contributed by atoms with Crippen LogP contribution in [0.15, 0.2) is 42.5 Å². The van der Waals surface area contributed by atoms with Crippen molar-refractivity contribution in [1.29, 1.82) is 0 Å². The number of carbonyl (C=O) groups excluding carboxylic acids is 1. The van der Waals surface area contributed by atoms with Crippen LogP contribution >= 0.6 is 0 Å². The summed E-state index contributed by atoms with van der Waals surface area (Å²) >= 11 is 0. The summed E-state index contributed by atoms with van der Waals surface area (Å²) in [5.41, 5.74) is 3.23. The number of benzene rings is 2. The van der Waals surface area contributed by atoms with Crippen molar-refractivity contribution in [2.45, 2.75) is 0 Å². The van der Waals surface area contributed by atoms with Gasteiger partial charge in [0.25, 0.3) is 0 Å². The Bertz CT molecular complexity index is 1180. The lowest BCUT2D eigenvalue weighted by Gasteiger charge is -2.23. The van der Waals surface area contributed by atoms with E-state index in [2.05, 4.69) is 15.5 Å². The van der Waals surface area contributed by atoms with Gasteiger partial charge in [0.1, 0.15) is 12.4 Å². The fourth-order valence-corrected chi connectivity index (χ4v) is 4.70. The van der Waals surface area contributed by atoms with Gasteiger partial charge in [-0.3, -0.25) is 4.79 Å². The molecule has 8 heteroatoms. The minimum Gasteiger partial charge on any atom is -0.494 e. The Morgan fingerprint density at radius 1 is 1.21 bits per heavy atom. The lowest BCUT2D eigenvalue weighted by Crippen LogP contribution is -2.28. The van der Waals surface area contributed by atoms with E-state index in [1.807, 2.05) is 37.4 Å². The first-order valence-corrected chi connectivity index (χ1v) is 11.2. The third-order valence-corrected chi connectivity index (χ3v) is 6.49. The lowest BCUT2D eigenvalue weighted by molar-refractivity contribution is -0.122. The maximum atomic E-state index is 14.6. The van der Waals surface area contributed by atoms with E-state index in [4.69, 9.17) is 14.5 Å². The maximum absolute atomic E-state index is 14.6. The third-order valence-electron chi connectivity index (χ3n) is 6.49. The summed E-state index contributed by atoms with van der Waals surface area (Å²) in [6.45, 7) is 3.40. The first kappa shape index (κ1) is 21.5. The van der Waals surface area contributed by atoms with Gasteiger partial charge in [-0.25, -0.2) is 9.37 Å². The third kappa shape index (κ3) is 4.06. The van der Waals surface area contributed by atoms with Gasteiger partial charge in [-0.2, -0.15) is 0 Å². The molecule has 0 unspecified atom stereocenters. The van der Waals surface area contributed by atoms with Gasteiger partial charge in [-0.05, 0) is 43.4 Å². The van der Waals surface area contributed by atoms with Crippen molar-refractivity contribution in [3.05, 3.63) is 48.3 Å². The number of hydrogen-bond acceptors (Lipinski definition) is 6. The number of halogens is 1. The molecule has 2 atom stereocenters. The number of methoxy groups -OCH3 is 1. The maximum Gasteiger partial charge on any atom is 0.225 e. The molecule has 3 aromatic rings. The van der Waals surface area contributed by atoms with Gasteiger partial charge in [0, 0.05) is 54.8 Å². The van der Waals surface area contributed by atoms with Gasteiger partial charge in [0.2, 0.25) is 5.91 Å². The number of hydrogen-bond donors (Lipinski definition) is 2. The highest BCUT2D eigenvalue weighted by Gasteiger charge is 2.42. The molecule has 3 heterocycles. The molecule has 2 aliphatic heterocycles. The molecule has 0 radical (unpaired) electrons. The van der Waals surface area contributed by atoms with E-state index in [9.17, 15) is 9.18 Å². The van der Waals surface area contributed by atoms with E-state index in [0.29, 0.717) is 30.6 Å². The summed E-state index contributed by atoms with van der Waals surface area (Å²) < 4.78 is 25.5. The summed E-state index contributed by atoms with van der Waals surface area (Å²) in [7, 11) is 3.33. The molecule has 0 bridgehead atoms. The summed E-state index contributed by atoms with van der Waals surface area (Å²) in [4.78, 5) is 19.2. The highest BCUT2D eigenvalue weighted by atomic mass is 19.1. The van der Waals surface area contributed by atoms with Crippen LogP contribution < -0.4 is 25.0 Å². The zero-order chi connectivity index (χ0) is 22.9. The fraction of sp³-hybridized carbons (Fsp3) is 0.360. The van der Waals surface area contributed by atoms with Crippen LogP contribution in [0.2, 0.25) is 0 Å². The smallest absolute Gasteiger partial charge is 0.225 e. The second kappa shape index (κ2) is 8.86. The van der Waals surface area contributed by atoms with Crippen molar-refractivity contribution < 1.29 is 18.7 Å². The van der Waals surface area contributed by atoms with E-state index in [-0.39, 0.29) is 23.5 Å². The minimum atomic E-state index is -0.430. The van der Waals surface area contributed by atoms with Gasteiger partial charge in [0.05, 0.1) is 24.2 Å². The molecule has 33 heavy (non-hydrogen) atoms. The Morgan fingerprint density at radius 2 is 2.03 bits per heavy atom. The van der Waals surface area contributed by atoms with Crippen molar-refractivity contribution in [3.8, 4) is 22.8 Å². The Morgan fingerprint density at radius 3 is 2.76 bits per heavy atom. The van der Waals surface area contributed by atoms with E-state index in [1.165, 1.54) is 13.2 Å². The second-order valence-electron chi connectivity index (χ2n) is 8.52. The molecule has 0 aliphatic carbocycles. The average molecular weight is 451 g/mol. The summed E-state index contributed by atoms with van der Waals surface area (Å²) in [6.07, 6.45) is 0. The van der Waals surface area contributed by atoms with Crippen molar-refractivity contribution in [1.82, 2.24) is 15.6 Å². The molecule has 2 aliphatic rings. The lowest BCUT2D eigenvalue weighted by atomic mass is 10.0. The normalized spacial score (nSPS) is 19.6. The minimum absolute atomic E-state index is 0.0335. The average Bonchev–Trinajstić information content (AvgIpc) is 3.40. The van der Waals surface area contributed by atoms with E-state index in [0.717, 1.165) is 35.8 Å². The van der Waals surface area contributed by atoms with Crippen LogP contribution in [-0.2, 0) is 4.79 Å². The quantitative estimate of drug-likeness (QED) is 0.540. The number of nitrogens with one attached hydrogen (secondary N) is 2. The Labute approximate surface area is 191 Å². The molecule has 2 N–H and O–H groups in total. The van der Waals surface area contributed by atoms with Crippen LogP contribution in [0.25, 0.3) is 22.2 Å². The van der Waals surface area contributed by atoms with Crippen LogP contribution in [0.3, 0.4) is 0 Å². The fourth-order valence-electron chi connectivity index (χ4n) is 4.70. The predicted octanol–water partition coefficient (Wildman–Crippen LogP) is 2.83. The monoisotopic (exact) mass is 450 g/mol. The van der Waals surface area contributed by atoms with Crippen LogP contribution in [0.1, 0.15) is 0 Å². The number of nitrogens with zero attached hydrogens (tertiary/aromatic N) is 2. The number of anilines is 1. The van der Waals surface area contributed by atoms with Gasteiger partial charge in [0.15, 0.2) is 11.6 Å². The van der Waals surface area contributed by atoms with E-state index < -0.39 is 5.82 Å². The molecule has 2 saturated heterocycles. The SMILES string of the molecule is CNCCOc1ccc(-c2cc(N3C[C@H]4CNC(=O)[C@H]4C3)c3cc(F)c(OC)cc3n2)cc1. The zero-order valence-electron chi connectivity index (χ0n) is 18.7. The Balaban J connectivity index is 1.54. The Kier molecular flexibility index (Phi) is 5.76. The standard InChI is InChI=1S/C25H27FN4O3/c1-27-7-8-33-17-5-3-15(4-6-17)21-10-23(30-13-16-12-28-25(31)19(16)14-30)18-9-20(26)24(32-2)11-22(18)29-21/h3-6,9-11,16,19,27H,7-8,12-14H2,1-2H3,(H,28,31)/t16-,19+/m1/s1. The highest BCUT2D eigenvalue weighted by molar-refractivity contribution is 5.96. The number of ether oxygens (including phenoxy) is 2. The first-order chi connectivity index (χ1) is 16.1. The summed E-state index contributed by atoms with van der Waals surface area (Å²) in [5.74, 6) is 0.847. The van der Waals surface area contributed by atoms with E-state index >= 15 is 0 Å². The van der Waals surface area contributed by atoms with Crippen LogP contribution in [0.5, 0.6) is 11.5 Å². The molecule has 1 aromatic heterocycles. The second-order valence-corrected chi connectivity index (χ2v) is 8.52. The number of aromatic nitrogens is 1. The number of rotatable bonds is 7. The van der Waals surface area contributed by atoms with Crippen molar-refractivity contribution in [2.75, 3.05) is 51.8 Å². The van der Waals surface area contributed by atoms with Crippen LogP contribution in [0.4, 0.5) is 10.1 Å². The number of likely N-dealkylation sites (N-methyl/N-ethyl adjacent to an activating group) is 1. The van der Waals surface area contributed by atoms with Crippen LogP contribution in [-0.4, -0.2) is 57.8 Å². The van der Waals surface area contributed by atoms with E-state index in [1.54, 1.807) is 6.07 Å². The predicted molar refractivity (Wildman–Crippen MR) is 125 cm³/mol. The van der Waals surface area contributed by atoms with Gasteiger partial charge in [-0.15, -0.1) is 0 Å². The zero-order valence-corrected chi connectivity index (χ0v) is 18.7. The molecular formula is C25H27FN4O3. The molecule has 2 fully saturated rings. The molecule has 0 spiro atoms. The number of fused-ring (bicyclic) bond motifs is 2. The molecule has 172 valence electrons. The first-order valence-electron chi connectivity index (χ1n) is 11.2. The molecule has 7 nitrogen and oxygen atoms in total. The molecule has 1 amide bonds. The number of pyridine rings is 1. The Hall–Kier alpha value is -3.39. The molecule has 2 aromatic carbocycles. The molecule has 5 rings (SSSR count). The summed E-state index contributed by atoms with van der Waals surface area (Å²) in [5, 5.41) is 6.71. The molecule has 0 saturated carbocycles. The number of amides is 1. The highest BCUT2D eigenvalue weighted by Crippen LogP contribution is 2.38. The van der Waals surface area contributed by atoms with Crippen molar-refractivity contribution in [2.24, 2.45) is 11.8 Å². The van der Waals surface area contributed by atoms with Crippen molar-refractivity contribution >= 4 is 22.5 Å². The van der Waals surface area contributed by atoms with Gasteiger partial charge < -0.3 is 25.0 Å². The van der Waals surface area contributed by atoms with Crippen LogP contribution in [0, 0.1) is 17.7 Å². The number of carbonyl (C=O) groups is 1. The van der Waals surface area contributed by atoms with Crippen molar-refractivity contribution in [3.63, 3.8) is 0 Å². The van der Waals surface area contributed by atoms with Gasteiger partial charge >= 0.3 is 0 Å². The largest absolute Gasteiger partial charge is 0.494 e.